The molecule has 2 fully saturated rings. The summed E-state index contributed by atoms with van der Waals surface area (Å²) in [6.07, 6.45) is 6.33. The predicted molar refractivity (Wildman–Crippen MR) is 73.9 cm³/mol. The molecule has 2 unspecified atom stereocenters. The van der Waals surface area contributed by atoms with Gasteiger partial charge in [0.25, 0.3) is 0 Å². The molecule has 2 N–H and O–H groups in total. The van der Waals surface area contributed by atoms with Crippen LogP contribution >= 0.6 is 0 Å². The molecule has 0 bridgehead atoms. The summed E-state index contributed by atoms with van der Waals surface area (Å²) < 4.78 is 28.3. The van der Waals surface area contributed by atoms with E-state index in [1.807, 2.05) is 0 Å². The summed E-state index contributed by atoms with van der Waals surface area (Å²) in [5.41, 5.74) is 0. The van der Waals surface area contributed by atoms with Crippen molar-refractivity contribution < 1.29 is 18.3 Å². The van der Waals surface area contributed by atoms with Crippen LogP contribution in [-0.2, 0) is 14.6 Å². The van der Waals surface area contributed by atoms with E-state index in [1.165, 1.54) is 19.3 Å². The van der Waals surface area contributed by atoms with Gasteiger partial charge in [-0.1, -0.05) is 19.3 Å². The van der Waals surface area contributed by atoms with Crippen LogP contribution in [0.15, 0.2) is 0 Å². The molecule has 0 aromatic rings. The van der Waals surface area contributed by atoms with Crippen LogP contribution in [0.3, 0.4) is 0 Å². The third-order valence-corrected chi connectivity index (χ3v) is 5.72. The van der Waals surface area contributed by atoms with Crippen LogP contribution in [0.2, 0.25) is 0 Å². The summed E-state index contributed by atoms with van der Waals surface area (Å²) in [6.45, 7) is 0.754. The van der Waals surface area contributed by atoms with Crippen molar-refractivity contribution in [2.75, 3.05) is 24.7 Å². The molecule has 0 amide bonds. The maximum absolute atomic E-state index is 11.3. The third-order valence-electron chi connectivity index (χ3n) is 3.95. The summed E-state index contributed by atoms with van der Waals surface area (Å²) in [7, 11) is -2.85. The highest BCUT2D eigenvalue weighted by Gasteiger charge is 2.27. The van der Waals surface area contributed by atoms with E-state index in [1.54, 1.807) is 0 Å². The van der Waals surface area contributed by atoms with Crippen molar-refractivity contribution in [2.24, 2.45) is 0 Å². The number of aliphatic hydroxyl groups excluding tert-OH is 1. The van der Waals surface area contributed by atoms with Gasteiger partial charge in [0, 0.05) is 12.6 Å². The van der Waals surface area contributed by atoms with E-state index in [2.05, 4.69) is 5.32 Å². The summed E-state index contributed by atoms with van der Waals surface area (Å²) in [4.78, 5) is 0. The Hall–Kier alpha value is -0.170. The quantitative estimate of drug-likeness (QED) is 0.744. The molecular weight excluding hydrogens is 266 g/mol. The van der Waals surface area contributed by atoms with Gasteiger partial charge in [-0.2, -0.15) is 0 Å². The van der Waals surface area contributed by atoms with E-state index in [0.29, 0.717) is 25.7 Å². The van der Waals surface area contributed by atoms with E-state index >= 15 is 0 Å². The Balaban J connectivity index is 1.58. The topological polar surface area (TPSA) is 75.6 Å². The van der Waals surface area contributed by atoms with Crippen molar-refractivity contribution in [3.05, 3.63) is 0 Å². The number of ether oxygens (including phenoxy) is 1. The minimum Gasteiger partial charge on any atom is -0.389 e. The highest BCUT2D eigenvalue weighted by Crippen LogP contribution is 2.20. The second-order valence-electron chi connectivity index (χ2n) is 5.76. The van der Waals surface area contributed by atoms with Crippen molar-refractivity contribution in [1.82, 2.24) is 5.32 Å². The molecule has 2 atom stereocenters. The number of rotatable bonds is 6. The van der Waals surface area contributed by atoms with Crippen LogP contribution < -0.4 is 5.32 Å². The number of aliphatic hydroxyl groups is 1. The molecule has 1 heterocycles. The largest absolute Gasteiger partial charge is 0.389 e. The van der Waals surface area contributed by atoms with Gasteiger partial charge in [-0.15, -0.1) is 0 Å². The lowest BCUT2D eigenvalue weighted by molar-refractivity contribution is -0.0234. The first-order valence-electron chi connectivity index (χ1n) is 7.28. The number of hydrogen-bond donors (Lipinski definition) is 2. The van der Waals surface area contributed by atoms with Gasteiger partial charge < -0.3 is 15.2 Å². The van der Waals surface area contributed by atoms with Gasteiger partial charge in [0.1, 0.15) is 0 Å². The highest BCUT2D eigenvalue weighted by molar-refractivity contribution is 7.91. The number of sulfone groups is 1. The lowest BCUT2D eigenvalue weighted by atomic mass is 9.98. The maximum atomic E-state index is 11.3. The van der Waals surface area contributed by atoms with Crippen molar-refractivity contribution in [3.63, 3.8) is 0 Å². The smallest absolute Gasteiger partial charge is 0.151 e. The van der Waals surface area contributed by atoms with Crippen LogP contribution in [0, 0.1) is 0 Å². The van der Waals surface area contributed by atoms with Crippen LogP contribution in [-0.4, -0.2) is 56.4 Å². The van der Waals surface area contributed by atoms with Crippen LogP contribution in [0.1, 0.15) is 38.5 Å². The molecule has 2 rings (SSSR count). The minimum absolute atomic E-state index is 0.00525. The molecule has 1 saturated heterocycles. The van der Waals surface area contributed by atoms with E-state index in [4.69, 9.17) is 4.74 Å². The monoisotopic (exact) mass is 291 g/mol. The van der Waals surface area contributed by atoms with Crippen molar-refractivity contribution in [3.8, 4) is 0 Å². The average Bonchev–Trinajstić information content (AvgIpc) is 2.75. The lowest BCUT2D eigenvalue weighted by Crippen LogP contribution is -2.38. The average molecular weight is 291 g/mol. The summed E-state index contributed by atoms with van der Waals surface area (Å²) in [5, 5.41) is 12.9. The number of nitrogens with one attached hydrogen (secondary N) is 1. The Morgan fingerprint density at radius 3 is 2.58 bits per heavy atom. The number of hydrogen-bond acceptors (Lipinski definition) is 5. The van der Waals surface area contributed by atoms with Gasteiger partial charge in [-0.05, 0) is 19.3 Å². The molecular formula is C13H25NO4S. The lowest BCUT2D eigenvalue weighted by Gasteiger charge is -2.24. The predicted octanol–water partition coefficient (Wildman–Crippen LogP) is 0.473. The fourth-order valence-corrected chi connectivity index (χ4v) is 4.50. The van der Waals surface area contributed by atoms with Crippen molar-refractivity contribution in [1.29, 1.82) is 0 Å². The molecule has 0 aromatic carbocycles. The van der Waals surface area contributed by atoms with Gasteiger partial charge in [-0.25, -0.2) is 8.42 Å². The standard InChI is InChI=1S/C13H25NO4S/c15-12(9-18-13-4-2-1-3-5-13)8-14-11-6-7-19(16,17)10-11/h11-15H,1-10H2. The second kappa shape index (κ2) is 7.02. The maximum Gasteiger partial charge on any atom is 0.151 e. The molecule has 1 aliphatic carbocycles. The molecule has 112 valence electrons. The molecule has 0 spiro atoms. The van der Waals surface area contributed by atoms with Gasteiger partial charge >= 0.3 is 0 Å². The first-order chi connectivity index (χ1) is 9.05. The fraction of sp³-hybridized carbons (Fsp3) is 1.00. The van der Waals surface area contributed by atoms with E-state index in [0.717, 1.165) is 12.8 Å². The van der Waals surface area contributed by atoms with Gasteiger partial charge in [-0.3, -0.25) is 0 Å². The Morgan fingerprint density at radius 1 is 1.21 bits per heavy atom. The summed E-state index contributed by atoms with van der Waals surface area (Å²) >= 11 is 0. The van der Waals surface area contributed by atoms with Crippen molar-refractivity contribution >= 4 is 9.84 Å². The van der Waals surface area contributed by atoms with E-state index < -0.39 is 15.9 Å². The first kappa shape index (κ1) is 15.2. The van der Waals surface area contributed by atoms with Crippen molar-refractivity contribution in [2.45, 2.75) is 56.8 Å². The zero-order chi connectivity index (χ0) is 13.7. The third kappa shape index (κ3) is 5.38. The van der Waals surface area contributed by atoms with Crippen LogP contribution in [0.5, 0.6) is 0 Å². The van der Waals surface area contributed by atoms with E-state index in [-0.39, 0.29) is 17.5 Å². The second-order valence-corrected chi connectivity index (χ2v) is 7.98. The molecule has 5 nitrogen and oxygen atoms in total. The molecule has 2 aliphatic rings. The molecule has 6 heteroatoms. The Kier molecular flexibility index (Phi) is 5.62. The molecule has 0 radical (unpaired) electrons. The fourth-order valence-electron chi connectivity index (χ4n) is 2.80. The normalized spacial score (nSPS) is 29.4. The van der Waals surface area contributed by atoms with Gasteiger partial charge in [0.05, 0.1) is 30.3 Å². The molecule has 1 saturated carbocycles. The SMILES string of the molecule is O=S1(=O)CCC(NCC(O)COC2CCCCC2)C1. The summed E-state index contributed by atoms with van der Waals surface area (Å²) in [6, 6.07) is -0.00525. The molecule has 19 heavy (non-hydrogen) atoms. The zero-order valence-corrected chi connectivity index (χ0v) is 12.2. The highest BCUT2D eigenvalue weighted by atomic mass is 32.2. The Morgan fingerprint density at radius 2 is 1.95 bits per heavy atom. The van der Waals surface area contributed by atoms with Gasteiger partial charge in [0.15, 0.2) is 9.84 Å². The Labute approximate surface area is 115 Å². The van der Waals surface area contributed by atoms with E-state index in [9.17, 15) is 13.5 Å². The Bertz CT molecular complexity index is 365. The van der Waals surface area contributed by atoms with Crippen LogP contribution in [0.25, 0.3) is 0 Å². The molecule has 1 aliphatic heterocycles. The first-order valence-corrected chi connectivity index (χ1v) is 9.11. The summed E-state index contributed by atoms with van der Waals surface area (Å²) in [5.74, 6) is 0.461. The van der Waals surface area contributed by atoms with Gasteiger partial charge in [0.2, 0.25) is 0 Å². The van der Waals surface area contributed by atoms with Crippen LogP contribution in [0.4, 0.5) is 0 Å². The minimum atomic E-state index is -2.85. The zero-order valence-electron chi connectivity index (χ0n) is 11.4. The molecule has 0 aromatic heterocycles.